The van der Waals surface area contributed by atoms with Crippen molar-refractivity contribution in [2.75, 3.05) is 52.3 Å². The molecular weight excluding hydrogens is 336 g/mol. The Morgan fingerprint density at radius 3 is 2.64 bits per heavy atom. The van der Waals surface area contributed by atoms with Gasteiger partial charge in [-0.2, -0.15) is 0 Å². The Bertz CT molecular complexity index is 386. The molecule has 0 unspecified atom stereocenters. The third-order valence-corrected chi connectivity index (χ3v) is 4.04. The van der Waals surface area contributed by atoms with Gasteiger partial charge in [-0.25, -0.2) is 0 Å². The van der Waals surface area contributed by atoms with Crippen molar-refractivity contribution in [3.63, 3.8) is 0 Å². The van der Waals surface area contributed by atoms with Crippen molar-refractivity contribution >= 4 is 17.5 Å². The van der Waals surface area contributed by atoms with Crippen molar-refractivity contribution in [3.8, 4) is 0 Å². The lowest BCUT2D eigenvalue weighted by atomic mass is 10.1. The molecule has 0 aromatic carbocycles. The van der Waals surface area contributed by atoms with Crippen molar-refractivity contribution in [2.24, 2.45) is 0 Å². The Morgan fingerprint density at radius 1 is 1.20 bits per heavy atom. The molecule has 0 saturated carbocycles. The molecule has 25 heavy (non-hydrogen) atoms. The minimum Gasteiger partial charge on any atom is -0.354 e. The zero-order valence-corrected chi connectivity index (χ0v) is 17.0. The summed E-state index contributed by atoms with van der Waals surface area (Å²) in [6.45, 7) is 9.02. The van der Waals surface area contributed by atoms with Gasteiger partial charge in [0, 0.05) is 25.6 Å². The zero-order chi connectivity index (χ0) is 18.8. The fourth-order valence-corrected chi connectivity index (χ4v) is 2.61. The van der Waals surface area contributed by atoms with E-state index in [0.717, 1.165) is 32.5 Å². The Balaban J connectivity index is 3.88. The highest BCUT2D eigenvalue weighted by molar-refractivity contribution is 6.18. The lowest BCUT2D eigenvalue weighted by molar-refractivity contribution is -0.120. The van der Waals surface area contributed by atoms with E-state index in [0.29, 0.717) is 25.6 Å². The second kappa shape index (κ2) is 17.9. The Morgan fingerprint density at radius 2 is 2.00 bits per heavy atom. The van der Waals surface area contributed by atoms with Gasteiger partial charge in [0.25, 0.3) is 0 Å². The molecule has 0 bridgehead atoms. The van der Waals surface area contributed by atoms with E-state index in [-0.39, 0.29) is 5.91 Å². The van der Waals surface area contributed by atoms with Crippen LogP contribution in [0, 0.1) is 0 Å². The van der Waals surface area contributed by atoms with Gasteiger partial charge in [0.2, 0.25) is 5.91 Å². The number of hydrogen-bond acceptors (Lipinski definition) is 4. The van der Waals surface area contributed by atoms with Crippen LogP contribution in [-0.4, -0.2) is 63.1 Å². The molecular formula is C19H37ClN4O. The lowest BCUT2D eigenvalue weighted by Gasteiger charge is -2.20. The van der Waals surface area contributed by atoms with E-state index < -0.39 is 0 Å². The Labute approximate surface area is 159 Å². The number of alkyl halides is 1. The molecule has 0 atom stereocenters. The molecule has 0 heterocycles. The van der Waals surface area contributed by atoms with E-state index >= 15 is 0 Å². The van der Waals surface area contributed by atoms with E-state index in [2.05, 4.69) is 46.8 Å². The number of carbonyl (C=O) groups is 1. The van der Waals surface area contributed by atoms with Crippen LogP contribution in [0.5, 0.6) is 0 Å². The van der Waals surface area contributed by atoms with E-state index in [1.54, 1.807) is 0 Å². The maximum atomic E-state index is 11.6. The van der Waals surface area contributed by atoms with Gasteiger partial charge in [0.15, 0.2) is 0 Å². The standard InChI is InChI=1S/C19H37ClN4O/c1-4-9-18(11-8-12-20)10-6-7-14-24(5-2)15-13-23-19(25)16-22-17-21-3/h8-9,11,21-22H,4-7,10,12-17H2,1-3H3,(H,23,25)/b11-8-,18-9-. The molecule has 0 aliphatic heterocycles. The fourth-order valence-electron chi connectivity index (χ4n) is 2.52. The quantitative estimate of drug-likeness (QED) is 0.169. The number of unbranched alkanes of at least 4 members (excludes halogenated alkanes) is 1. The van der Waals surface area contributed by atoms with Crippen LogP contribution in [0.1, 0.15) is 39.5 Å². The number of nitrogens with zero attached hydrogens (tertiary/aromatic N) is 1. The first-order valence-electron chi connectivity index (χ1n) is 9.43. The van der Waals surface area contributed by atoms with E-state index in [1.165, 1.54) is 18.4 Å². The van der Waals surface area contributed by atoms with Crippen molar-refractivity contribution in [2.45, 2.75) is 39.5 Å². The Hall–Kier alpha value is -0.880. The van der Waals surface area contributed by atoms with Crippen LogP contribution in [-0.2, 0) is 4.79 Å². The second-order valence-corrected chi connectivity index (χ2v) is 6.25. The SMILES string of the molecule is CC/C=C(\C=C/CCl)CCCCN(CC)CCNC(=O)CNCNC. The first-order valence-corrected chi connectivity index (χ1v) is 9.97. The molecule has 0 radical (unpaired) electrons. The van der Waals surface area contributed by atoms with Crippen LogP contribution in [0.4, 0.5) is 0 Å². The molecule has 0 rings (SSSR count). The van der Waals surface area contributed by atoms with Crippen molar-refractivity contribution in [3.05, 3.63) is 23.8 Å². The molecule has 5 nitrogen and oxygen atoms in total. The lowest BCUT2D eigenvalue weighted by Crippen LogP contribution is -2.40. The summed E-state index contributed by atoms with van der Waals surface area (Å²) in [5.74, 6) is 0.618. The van der Waals surface area contributed by atoms with Crippen LogP contribution >= 0.6 is 11.6 Å². The molecule has 0 spiro atoms. The number of carbonyl (C=O) groups excluding carboxylic acids is 1. The zero-order valence-electron chi connectivity index (χ0n) is 16.2. The predicted octanol–water partition coefficient (Wildman–Crippen LogP) is 2.49. The summed E-state index contributed by atoms with van der Waals surface area (Å²) in [4.78, 5) is 14.0. The first kappa shape index (κ1) is 24.1. The van der Waals surface area contributed by atoms with Gasteiger partial charge < -0.3 is 15.5 Å². The topological polar surface area (TPSA) is 56.4 Å². The Kier molecular flexibility index (Phi) is 17.3. The largest absolute Gasteiger partial charge is 0.354 e. The van der Waals surface area contributed by atoms with Crippen LogP contribution in [0.3, 0.4) is 0 Å². The third-order valence-electron chi connectivity index (χ3n) is 3.86. The van der Waals surface area contributed by atoms with Crippen LogP contribution in [0.25, 0.3) is 0 Å². The van der Waals surface area contributed by atoms with E-state index in [9.17, 15) is 4.79 Å². The van der Waals surface area contributed by atoms with Crippen LogP contribution in [0.2, 0.25) is 0 Å². The summed E-state index contributed by atoms with van der Waals surface area (Å²) < 4.78 is 0. The number of hydrogen-bond donors (Lipinski definition) is 3. The number of rotatable bonds is 16. The van der Waals surface area contributed by atoms with E-state index in [4.69, 9.17) is 11.6 Å². The van der Waals surface area contributed by atoms with Gasteiger partial charge in [-0.1, -0.05) is 37.6 Å². The molecule has 6 heteroatoms. The molecule has 0 aromatic rings. The number of nitrogens with one attached hydrogen (secondary N) is 3. The summed E-state index contributed by atoms with van der Waals surface area (Å²) in [6.07, 6.45) is 10.9. The fraction of sp³-hybridized carbons (Fsp3) is 0.737. The molecule has 3 N–H and O–H groups in total. The maximum Gasteiger partial charge on any atom is 0.234 e. The minimum absolute atomic E-state index is 0.0479. The highest BCUT2D eigenvalue weighted by Crippen LogP contribution is 2.11. The summed E-state index contributed by atoms with van der Waals surface area (Å²) in [6, 6.07) is 0. The number of halogens is 1. The molecule has 0 fully saturated rings. The average molecular weight is 373 g/mol. The highest BCUT2D eigenvalue weighted by Gasteiger charge is 2.04. The number of likely N-dealkylation sites (N-methyl/N-ethyl adjacent to an activating group) is 1. The number of allylic oxidation sites excluding steroid dienone is 4. The molecule has 1 amide bonds. The second-order valence-electron chi connectivity index (χ2n) is 5.94. The van der Waals surface area contributed by atoms with Gasteiger partial charge >= 0.3 is 0 Å². The van der Waals surface area contributed by atoms with Crippen molar-refractivity contribution in [1.82, 2.24) is 20.9 Å². The number of amides is 1. The van der Waals surface area contributed by atoms with Crippen molar-refractivity contribution in [1.29, 1.82) is 0 Å². The van der Waals surface area contributed by atoms with E-state index in [1.807, 2.05) is 13.1 Å². The maximum absolute atomic E-state index is 11.6. The van der Waals surface area contributed by atoms with Crippen LogP contribution < -0.4 is 16.0 Å². The molecule has 0 aromatic heterocycles. The molecule has 146 valence electrons. The summed E-state index contributed by atoms with van der Waals surface area (Å²) in [5, 5.41) is 8.91. The van der Waals surface area contributed by atoms with Crippen LogP contribution in [0.15, 0.2) is 23.8 Å². The first-order chi connectivity index (χ1) is 12.2. The molecule has 0 saturated heterocycles. The van der Waals surface area contributed by atoms with Gasteiger partial charge in [-0.15, -0.1) is 11.6 Å². The molecule has 0 aliphatic rings. The summed E-state index contributed by atoms with van der Waals surface area (Å²) in [5.41, 5.74) is 1.38. The third kappa shape index (κ3) is 15.1. The minimum atomic E-state index is 0.0479. The normalized spacial score (nSPS) is 12.3. The average Bonchev–Trinajstić information content (AvgIpc) is 2.61. The summed E-state index contributed by atoms with van der Waals surface area (Å²) in [7, 11) is 1.85. The van der Waals surface area contributed by atoms with Gasteiger partial charge in [-0.3, -0.25) is 10.1 Å². The monoisotopic (exact) mass is 372 g/mol. The predicted molar refractivity (Wildman–Crippen MR) is 109 cm³/mol. The van der Waals surface area contributed by atoms with Gasteiger partial charge in [-0.05, 0) is 45.8 Å². The highest BCUT2D eigenvalue weighted by atomic mass is 35.5. The van der Waals surface area contributed by atoms with Gasteiger partial charge in [0.1, 0.15) is 0 Å². The summed E-state index contributed by atoms with van der Waals surface area (Å²) >= 11 is 5.72. The van der Waals surface area contributed by atoms with Crippen molar-refractivity contribution < 1.29 is 4.79 Å². The van der Waals surface area contributed by atoms with Gasteiger partial charge in [0.05, 0.1) is 6.54 Å². The smallest absolute Gasteiger partial charge is 0.234 e. The molecule has 0 aliphatic carbocycles.